The number of halogens is 1. The van der Waals surface area contributed by atoms with Gasteiger partial charge in [-0.1, -0.05) is 11.6 Å². The third-order valence-electron chi connectivity index (χ3n) is 2.33. The molecule has 0 aliphatic heterocycles. The quantitative estimate of drug-likeness (QED) is 0.695. The van der Waals surface area contributed by atoms with Crippen molar-refractivity contribution in [3.8, 4) is 0 Å². The number of ether oxygens (including phenoxy) is 2. The van der Waals surface area contributed by atoms with Gasteiger partial charge in [-0.3, -0.25) is 4.79 Å². The molecule has 1 heterocycles. The number of methoxy groups -OCH3 is 2. The van der Waals surface area contributed by atoms with Gasteiger partial charge in [0.2, 0.25) is 0 Å². The number of hydrogen-bond acceptors (Lipinski definition) is 6. The summed E-state index contributed by atoms with van der Waals surface area (Å²) >= 11 is 6.02. The van der Waals surface area contributed by atoms with E-state index in [-0.39, 0.29) is 12.4 Å². The van der Waals surface area contributed by atoms with Crippen molar-refractivity contribution in [2.45, 2.75) is 6.42 Å². The minimum absolute atomic E-state index is 0.264. The van der Waals surface area contributed by atoms with E-state index in [0.29, 0.717) is 30.5 Å². The van der Waals surface area contributed by atoms with Gasteiger partial charge in [-0.05, 0) is 0 Å². The molecule has 0 bridgehead atoms. The lowest BCUT2D eigenvalue weighted by molar-refractivity contribution is -0.140. The molecule has 0 fully saturated rings. The highest BCUT2D eigenvalue weighted by Crippen LogP contribution is 2.21. The average molecular weight is 274 g/mol. The fourth-order valence-corrected chi connectivity index (χ4v) is 1.62. The van der Waals surface area contributed by atoms with Gasteiger partial charge in [0.05, 0.1) is 26.3 Å². The SMILES string of the molecule is COCCN(CCC(=O)OC)c1ncncc1Cl. The van der Waals surface area contributed by atoms with E-state index < -0.39 is 0 Å². The maximum absolute atomic E-state index is 11.2. The first-order valence-electron chi connectivity index (χ1n) is 5.45. The summed E-state index contributed by atoms with van der Waals surface area (Å²) in [6.07, 6.45) is 3.20. The van der Waals surface area contributed by atoms with Gasteiger partial charge in [-0.15, -0.1) is 0 Å². The van der Waals surface area contributed by atoms with Gasteiger partial charge in [-0.25, -0.2) is 9.97 Å². The Kier molecular flexibility index (Phi) is 6.38. The van der Waals surface area contributed by atoms with Crippen LogP contribution < -0.4 is 4.90 Å². The highest BCUT2D eigenvalue weighted by molar-refractivity contribution is 6.32. The van der Waals surface area contributed by atoms with E-state index in [1.165, 1.54) is 19.6 Å². The zero-order valence-corrected chi connectivity index (χ0v) is 11.2. The van der Waals surface area contributed by atoms with Crippen LogP contribution in [0.2, 0.25) is 5.02 Å². The molecular formula is C11H16ClN3O3. The summed E-state index contributed by atoms with van der Waals surface area (Å²) in [5.74, 6) is 0.315. The molecule has 7 heteroatoms. The summed E-state index contributed by atoms with van der Waals surface area (Å²) in [4.78, 5) is 21.0. The molecule has 0 amide bonds. The van der Waals surface area contributed by atoms with E-state index in [4.69, 9.17) is 16.3 Å². The van der Waals surface area contributed by atoms with Crippen LogP contribution in [0.5, 0.6) is 0 Å². The molecule has 100 valence electrons. The van der Waals surface area contributed by atoms with Gasteiger partial charge in [-0.2, -0.15) is 0 Å². The van der Waals surface area contributed by atoms with Crippen molar-refractivity contribution in [2.75, 3.05) is 38.8 Å². The zero-order chi connectivity index (χ0) is 13.4. The normalized spacial score (nSPS) is 10.2. The number of aromatic nitrogens is 2. The Labute approximate surface area is 111 Å². The second-order valence-corrected chi connectivity index (χ2v) is 3.91. The van der Waals surface area contributed by atoms with Crippen LogP contribution in [-0.4, -0.2) is 49.9 Å². The third kappa shape index (κ3) is 4.46. The first kappa shape index (κ1) is 14.7. The number of hydrogen-bond donors (Lipinski definition) is 0. The standard InChI is InChI=1S/C11H16ClN3O3/c1-17-6-5-15(4-3-10(16)18-2)11-9(12)7-13-8-14-11/h7-8H,3-6H2,1-2H3. The van der Waals surface area contributed by atoms with Crippen LogP contribution in [0.15, 0.2) is 12.5 Å². The Morgan fingerprint density at radius 1 is 1.44 bits per heavy atom. The maximum atomic E-state index is 11.2. The Morgan fingerprint density at radius 3 is 2.83 bits per heavy atom. The van der Waals surface area contributed by atoms with Crippen LogP contribution in [0.25, 0.3) is 0 Å². The molecule has 0 atom stereocenters. The van der Waals surface area contributed by atoms with Crippen molar-refractivity contribution >= 4 is 23.4 Å². The minimum Gasteiger partial charge on any atom is -0.469 e. The van der Waals surface area contributed by atoms with Gasteiger partial charge < -0.3 is 14.4 Å². The summed E-state index contributed by atoms with van der Waals surface area (Å²) in [5, 5.41) is 0.443. The molecule has 1 aromatic heterocycles. The van der Waals surface area contributed by atoms with E-state index in [1.54, 1.807) is 7.11 Å². The summed E-state index contributed by atoms with van der Waals surface area (Å²) in [6.45, 7) is 1.57. The fourth-order valence-electron chi connectivity index (χ4n) is 1.39. The van der Waals surface area contributed by atoms with E-state index >= 15 is 0 Å². The summed E-state index contributed by atoms with van der Waals surface area (Å²) < 4.78 is 9.63. The van der Waals surface area contributed by atoms with Gasteiger partial charge in [0.25, 0.3) is 0 Å². The summed E-state index contributed by atoms with van der Waals surface area (Å²) in [7, 11) is 2.97. The van der Waals surface area contributed by atoms with Crippen molar-refractivity contribution in [3.05, 3.63) is 17.5 Å². The molecule has 0 saturated carbocycles. The van der Waals surface area contributed by atoms with Crippen LogP contribution in [-0.2, 0) is 14.3 Å². The third-order valence-corrected chi connectivity index (χ3v) is 2.59. The van der Waals surface area contributed by atoms with Crippen LogP contribution >= 0.6 is 11.6 Å². The van der Waals surface area contributed by atoms with Gasteiger partial charge >= 0.3 is 5.97 Å². The number of nitrogens with zero attached hydrogens (tertiary/aromatic N) is 3. The Morgan fingerprint density at radius 2 is 2.22 bits per heavy atom. The molecule has 18 heavy (non-hydrogen) atoms. The van der Waals surface area contributed by atoms with Crippen molar-refractivity contribution < 1.29 is 14.3 Å². The van der Waals surface area contributed by atoms with E-state index in [1.807, 2.05) is 4.90 Å². The number of carbonyl (C=O) groups is 1. The maximum Gasteiger partial charge on any atom is 0.307 e. The predicted octanol–water partition coefficient (Wildman–Crippen LogP) is 1.15. The molecule has 1 aromatic rings. The smallest absolute Gasteiger partial charge is 0.307 e. The van der Waals surface area contributed by atoms with Crippen molar-refractivity contribution in [2.24, 2.45) is 0 Å². The van der Waals surface area contributed by atoms with Crippen molar-refractivity contribution in [3.63, 3.8) is 0 Å². The lowest BCUT2D eigenvalue weighted by atomic mass is 10.3. The number of esters is 1. The Hall–Kier alpha value is -1.40. The van der Waals surface area contributed by atoms with Gasteiger partial charge in [0.15, 0.2) is 5.82 Å². The molecule has 0 saturated heterocycles. The molecule has 0 unspecified atom stereocenters. The molecule has 0 aromatic carbocycles. The number of carbonyl (C=O) groups excluding carboxylic acids is 1. The van der Waals surface area contributed by atoms with Crippen molar-refractivity contribution in [1.29, 1.82) is 0 Å². The molecule has 1 rings (SSSR count). The van der Waals surface area contributed by atoms with E-state index in [2.05, 4.69) is 14.7 Å². The number of rotatable bonds is 7. The van der Waals surface area contributed by atoms with Crippen LogP contribution in [0.3, 0.4) is 0 Å². The minimum atomic E-state index is -0.275. The molecule has 0 N–H and O–H groups in total. The Balaban J connectivity index is 2.71. The highest BCUT2D eigenvalue weighted by Gasteiger charge is 2.13. The fraction of sp³-hybridized carbons (Fsp3) is 0.545. The van der Waals surface area contributed by atoms with E-state index in [0.717, 1.165) is 0 Å². The molecule has 0 aliphatic carbocycles. The number of anilines is 1. The second-order valence-electron chi connectivity index (χ2n) is 3.50. The molecule has 0 spiro atoms. The summed E-state index contributed by atoms with van der Waals surface area (Å²) in [5.41, 5.74) is 0. The highest BCUT2D eigenvalue weighted by atomic mass is 35.5. The molecule has 0 aliphatic rings. The lowest BCUT2D eigenvalue weighted by Crippen LogP contribution is -2.31. The predicted molar refractivity (Wildman–Crippen MR) is 67.8 cm³/mol. The monoisotopic (exact) mass is 273 g/mol. The van der Waals surface area contributed by atoms with E-state index in [9.17, 15) is 4.79 Å². The Bertz CT molecular complexity index is 390. The first-order chi connectivity index (χ1) is 8.69. The van der Waals surface area contributed by atoms with Crippen LogP contribution in [0.1, 0.15) is 6.42 Å². The summed E-state index contributed by atoms with van der Waals surface area (Å²) in [6, 6.07) is 0. The van der Waals surface area contributed by atoms with Crippen LogP contribution in [0, 0.1) is 0 Å². The molecular weight excluding hydrogens is 258 g/mol. The largest absolute Gasteiger partial charge is 0.469 e. The van der Waals surface area contributed by atoms with Crippen molar-refractivity contribution in [1.82, 2.24) is 9.97 Å². The van der Waals surface area contributed by atoms with Gasteiger partial charge in [0.1, 0.15) is 11.3 Å². The molecule has 0 radical (unpaired) electrons. The first-order valence-corrected chi connectivity index (χ1v) is 5.83. The topological polar surface area (TPSA) is 64.5 Å². The van der Waals surface area contributed by atoms with Crippen LogP contribution in [0.4, 0.5) is 5.82 Å². The lowest BCUT2D eigenvalue weighted by Gasteiger charge is -2.23. The molecule has 6 nitrogen and oxygen atoms in total. The average Bonchev–Trinajstić information content (AvgIpc) is 2.39. The van der Waals surface area contributed by atoms with Gasteiger partial charge in [0, 0.05) is 20.2 Å². The second kappa shape index (κ2) is 7.84. The zero-order valence-electron chi connectivity index (χ0n) is 10.4.